The maximum absolute atomic E-state index is 13.2. The van der Waals surface area contributed by atoms with Crippen LogP contribution in [0.3, 0.4) is 0 Å². The van der Waals surface area contributed by atoms with E-state index in [1.165, 1.54) is 11.3 Å². The van der Waals surface area contributed by atoms with E-state index >= 15 is 0 Å². The van der Waals surface area contributed by atoms with Crippen molar-refractivity contribution in [3.05, 3.63) is 46.1 Å². The molecule has 21 heavy (non-hydrogen) atoms. The molecule has 3 rings (SSSR count). The quantitative estimate of drug-likeness (QED) is 0.637. The number of aryl methyl sites for hydroxylation is 1. The van der Waals surface area contributed by atoms with Crippen molar-refractivity contribution < 1.29 is 13.5 Å². The highest BCUT2D eigenvalue weighted by Crippen LogP contribution is 2.34. The van der Waals surface area contributed by atoms with Gasteiger partial charge >= 0.3 is 0 Å². The van der Waals surface area contributed by atoms with Crippen molar-refractivity contribution in [3.63, 3.8) is 0 Å². The van der Waals surface area contributed by atoms with Gasteiger partial charge in [0.1, 0.15) is 22.2 Å². The Balaban J connectivity index is 2.08. The molecule has 0 N–H and O–H groups in total. The molecule has 0 amide bonds. The van der Waals surface area contributed by atoms with Crippen molar-refractivity contribution in [2.45, 2.75) is 13.3 Å². The Kier molecular flexibility index (Phi) is 3.73. The summed E-state index contributed by atoms with van der Waals surface area (Å²) >= 11 is 7.34. The summed E-state index contributed by atoms with van der Waals surface area (Å²) in [6.07, 6.45) is 0.840. The average molecular weight is 327 g/mol. The van der Waals surface area contributed by atoms with Crippen LogP contribution in [-0.4, -0.2) is 9.97 Å². The number of hydrogen-bond acceptors (Lipinski definition) is 4. The van der Waals surface area contributed by atoms with E-state index in [2.05, 4.69) is 9.97 Å². The Morgan fingerprint density at radius 1 is 1.14 bits per heavy atom. The molecular weight excluding hydrogens is 318 g/mol. The zero-order chi connectivity index (χ0) is 15.0. The van der Waals surface area contributed by atoms with Crippen LogP contribution in [0.2, 0.25) is 5.28 Å². The molecular formula is C14H9ClF2N2OS. The minimum absolute atomic E-state index is 0.0211. The largest absolute Gasteiger partial charge is 0.438 e. The number of rotatable bonds is 3. The van der Waals surface area contributed by atoms with Gasteiger partial charge in [0.05, 0.1) is 5.39 Å². The van der Waals surface area contributed by atoms with Gasteiger partial charge in [0.15, 0.2) is 0 Å². The van der Waals surface area contributed by atoms with Gasteiger partial charge in [0, 0.05) is 23.1 Å². The summed E-state index contributed by atoms with van der Waals surface area (Å²) < 4.78 is 31.9. The molecule has 0 aliphatic carbocycles. The monoisotopic (exact) mass is 326 g/mol. The minimum Gasteiger partial charge on any atom is -0.438 e. The average Bonchev–Trinajstić information content (AvgIpc) is 2.80. The molecule has 108 valence electrons. The number of aromatic nitrogens is 2. The summed E-state index contributed by atoms with van der Waals surface area (Å²) in [6.45, 7) is 2.02. The van der Waals surface area contributed by atoms with E-state index in [-0.39, 0.29) is 16.9 Å². The van der Waals surface area contributed by atoms with Gasteiger partial charge < -0.3 is 4.74 Å². The lowest BCUT2D eigenvalue weighted by Gasteiger charge is -2.06. The van der Waals surface area contributed by atoms with E-state index in [0.29, 0.717) is 10.2 Å². The Morgan fingerprint density at radius 2 is 1.86 bits per heavy atom. The van der Waals surface area contributed by atoms with Crippen LogP contribution < -0.4 is 4.74 Å². The summed E-state index contributed by atoms with van der Waals surface area (Å²) in [5, 5.41) is 0.699. The van der Waals surface area contributed by atoms with E-state index in [4.69, 9.17) is 16.3 Å². The molecule has 0 saturated heterocycles. The summed E-state index contributed by atoms with van der Waals surface area (Å²) in [5.41, 5.74) is 0. The van der Waals surface area contributed by atoms with Crippen LogP contribution in [0.1, 0.15) is 11.8 Å². The number of nitrogens with zero attached hydrogens (tertiary/aromatic N) is 2. The molecule has 0 bridgehead atoms. The molecule has 0 aliphatic rings. The Hall–Kier alpha value is -1.79. The fourth-order valence-electron chi connectivity index (χ4n) is 1.87. The third kappa shape index (κ3) is 2.96. The standard InChI is InChI=1S/C14H9ClF2N2OS/c1-2-10-6-11-12(18-14(15)19-13(11)21-10)20-9-4-7(16)3-8(17)5-9/h3-6H,2H2,1H3. The fraction of sp³-hybridized carbons (Fsp3) is 0.143. The Labute approximate surface area is 128 Å². The van der Waals surface area contributed by atoms with Gasteiger partial charge in [-0.2, -0.15) is 4.98 Å². The molecule has 0 atom stereocenters. The van der Waals surface area contributed by atoms with Crippen molar-refractivity contribution in [2.75, 3.05) is 0 Å². The molecule has 7 heteroatoms. The number of halogens is 3. The SMILES string of the molecule is CCc1cc2c(Oc3cc(F)cc(F)c3)nc(Cl)nc2s1. The van der Waals surface area contributed by atoms with E-state index in [1.54, 1.807) is 0 Å². The van der Waals surface area contributed by atoms with Crippen molar-refractivity contribution >= 4 is 33.2 Å². The van der Waals surface area contributed by atoms with Crippen LogP contribution >= 0.6 is 22.9 Å². The number of ether oxygens (including phenoxy) is 1. The summed E-state index contributed by atoms with van der Waals surface area (Å²) in [6, 6.07) is 4.83. The normalized spacial score (nSPS) is 11.0. The van der Waals surface area contributed by atoms with Gasteiger partial charge in [-0.3, -0.25) is 0 Å². The first-order valence-corrected chi connectivity index (χ1v) is 7.34. The second kappa shape index (κ2) is 5.54. The topological polar surface area (TPSA) is 35.0 Å². The molecule has 2 aromatic heterocycles. The number of fused-ring (bicyclic) bond motifs is 1. The molecule has 2 heterocycles. The molecule has 0 saturated carbocycles. The summed E-state index contributed by atoms with van der Waals surface area (Å²) in [7, 11) is 0. The van der Waals surface area contributed by atoms with Crippen LogP contribution in [0.15, 0.2) is 24.3 Å². The molecule has 0 spiro atoms. The van der Waals surface area contributed by atoms with Crippen LogP contribution in [0, 0.1) is 11.6 Å². The van der Waals surface area contributed by atoms with Gasteiger partial charge in [-0.25, -0.2) is 13.8 Å². The Morgan fingerprint density at radius 3 is 2.52 bits per heavy atom. The van der Waals surface area contributed by atoms with Crippen molar-refractivity contribution in [2.24, 2.45) is 0 Å². The van der Waals surface area contributed by atoms with Gasteiger partial charge in [0.25, 0.3) is 0 Å². The zero-order valence-corrected chi connectivity index (χ0v) is 12.4. The zero-order valence-electron chi connectivity index (χ0n) is 10.9. The molecule has 3 aromatic rings. The molecule has 0 fully saturated rings. The van der Waals surface area contributed by atoms with E-state index in [9.17, 15) is 8.78 Å². The van der Waals surface area contributed by atoms with Crippen molar-refractivity contribution in [3.8, 4) is 11.6 Å². The molecule has 3 nitrogen and oxygen atoms in total. The third-order valence-corrected chi connectivity index (χ3v) is 4.12. The highest BCUT2D eigenvalue weighted by Gasteiger charge is 2.13. The predicted molar refractivity (Wildman–Crippen MR) is 78.2 cm³/mol. The van der Waals surface area contributed by atoms with E-state index in [1.807, 2.05) is 13.0 Å². The first-order valence-electron chi connectivity index (χ1n) is 6.15. The smallest absolute Gasteiger partial charge is 0.232 e. The highest BCUT2D eigenvalue weighted by molar-refractivity contribution is 7.18. The van der Waals surface area contributed by atoms with Gasteiger partial charge in [-0.15, -0.1) is 11.3 Å². The van der Waals surface area contributed by atoms with Gasteiger partial charge in [-0.05, 0) is 24.1 Å². The first kappa shape index (κ1) is 14.2. The predicted octanol–water partition coefficient (Wildman–Crippen LogP) is 4.98. The Bertz CT molecular complexity index is 802. The second-order valence-electron chi connectivity index (χ2n) is 4.29. The lowest BCUT2D eigenvalue weighted by Crippen LogP contribution is -1.92. The molecule has 0 radical (unpaired) electrons. The first-order chi connectivity index (χ1) is 10.0. The lowest BCUT2D eigenvalue weighted by atomic mass is 10.3. The van der Waals surface area contributed by atoms with Crippen LogP contribution in [-0.2, 0) is 6.42 Å². The van der Waals surface area contributed by atoms with E-state index < -0.39 is 11.6 Å². The minimum atomic E-state index is -0.721. The highest BCUT2D eigenvalue weighted by atomic mass is 35.5. The third-order valence-electron chi connectivity index (χ3n) is 2.78. The maximum atomic E-state index is 13.2. The van der Waals surface area contributed by atoms with E-state index in [0.717, 1.165) is 29.5 Å². The summed E-state index contributed by atoms with van der Waals surface area (Å²) in [4.78, 5) is 9.90. The lowest BCUT2D eigenvalue weighted by molar-refractivity contribution is 0.456. The van der Waals surface area contributed by atoms with Crippen LogP contribution in [0.25, 0.3) is 10.2 Å². The van der Waals surface area contributed by atoms with Crippen LogP contribution in [0.4, 0.5) is 8.78 Å². The number of thiophene rings is 1. The number of benzene rings is 1. The van der Waals surface area contributed by atoms with Crippen molar-refractivity contribution in [1.29, 1.82) is 0 Å². The molecule has 0 unspecified atom stereocenters. The number of hydrogen-bond donors (Lipinski definition) is 0. The summed E-state index contributed by atoms with van der Waals surface area (Å²) in [5.74, 6) is -1.24. The van der Waals surface area contributed by atoms with Crippen LogP contribution in [0.5, 0.6) is 11.6 Å². The molecule has 0 aliphatic heterocycles. The van der Waals surface area contributed by atoms with Gasteiger partial charge in [-0.1, -0.05) is 6.92 Å². The van der Waals surface area contributed by atoms with Gasteiger partial charge in [0.2, 0.25) is 11.2 Å². The maximum Gasteiger partial charge on any atom is 0.232 e. The molecule has 1 aromatic carbocycles. The fourth-order valence-corrected chi connectivity index (χ4v) is 3.04. The van der Waals surface area contributed by atoms with Crippen molar-refractivity contribution in [1.82, 2.24) is 9.97 Å². The second-order valence-corrected chi connectivity index (χ2v) is 5.74.